The molecule has 0 radical (unpaired) electrons. The van der Waals surface area contributed by atoms with Crippen LogP contribution >= 0.6 is 23.2 Å². The lowest BCUT2D eigenvalue weighted by Crippen LogP contribution is -2.11. The molecule has 0 bridgehead atoms. The van der Waals surface area contributed by atoms with Gasteiger partial charge in [0, 0.05) is 30.8 Å². The topological polar surface area (TPSA) is 77.9 Å². The smallest absolute Gasteiger partial charge is 0.204 e. The number of halogens is 2. The molecule has 0 saturated heterocycles. The molecule has 162 valence electrons. The Labute approximate surface area is 190 Å². The van der Waals surface area contributed by atoms with Crippen LogP contribution in [0.4, 0.5) is 0 Å². The summed E-state index contributed by atoms with van der Waals surface area (Å²) in [6.45, 7) is 0.283. The molecule has 0 amide bonds. The van der Waals surface area contributed by atoms with Crippen molar-refractivity contribution >= 4 is 29.0 Å². The first-order valence-corrected chi connectivity index (χ1v) is 10.2. The number of methoxy groups -OCH3 is 2. The third-order valence-corrected chi connectivity index (χ3v) is 5.32. The van der Waals surface area contributed by atoms with Gasteiger partial charge in [-0.05, 0) is 29.8 Å². The molecule has 6 nitrogen and oxygen atoms in total. The molecule has 0 aliphatic rings. The molecule has 0 saturated carbocycles. The first-order valence-electron chi connectivity index (χ1n) is 9.41. The molecule has 1 aromatic heterocycles. The number of hydrogen-bond donors (Lipinski definition) is 1. The minimum atomic E-state index is -0.240. The maximum absolute atomic E-state index is 13.1. The summed E-state index contributed by atoms with van der Waals surface area (Å²) in [5.74, 6) is 1.01. The van der Waals surface area contributed by atoms with E-state index in [1.807, 2.05) is 0 Å². The van der Waals surface area contributed by atoms with Gasteiger partial charge in [-0.2, -0.15) is 0 Å². The highest BCUT2D eigenvalue weighted by molar-refractivity contribution is 6.36. The highest BCUT2D eigenvalue weighted by Gasteiger charge is 2.23. The Morgan fingerprint density at radius 1 is 0.968 bits per heavy atom. The van der Waals surface area contributed by atoms with E-state index in [2.05, 4.69) is 4.98 Å². The average Bonchev–Trinajstić information content (AvgIpc) is 2.77. The van der Waals surface area contributed by atoms with Gasteiger partial charge < -0.3 is 19.3 Å². The molecule has 0 spiro atoms. The number of pyridine rings is 1. The minimum absolute atomic E-state index is 0.0238. The van der Waals surface area contributed by atoms with Gasteiger partial charge in [-0.3, -0.25) is 9.78 Å². The van der Waals surface area contributed by atoms with Crippen LogP contribution in [0.15, 0.2) is 48.8 Å². The summed E-state index contributed by atoms with van der Waals surface area (Å²) in [4.78, 5) is 17.1. The lowest BCUT2D eigenvalue weighted by molar-refractivity contribution is 0.0988. The van der Waals surface area contributed by atoms with Crippen molar-refractivity contribution in [2.75, 3.05) is 20.8 Å². The van der Waals surface area contributed by atoms with E-state index in [0.29, 0.717) is 39.1 Å². The molecule has 0 unspecified atom stereocenters. The third-order valence-electron chi connectivity index (χ3n) is 4.66. The van der Waals surface area contributed by atoms with E-state index >= 15 is 0 Å². The average molecular weight is 462 g/mol. The Morgan fingerprint density at radius 2 is 1.65 bits per heavy atom. The number of ether oxygens (including phenoxy) is 3. The predicted molar refractivity (Wildman–Crippen MR) is 119 cm³/mol. The Hall–Kier alpha value is -2.96. The zero-order chi connectivity index (χ0) is 22.4. The van der Waals surface area contributed by atoms with Crippen LogP contribution in [-0.2, 0) is 12.8 Å². The Bertz CT molecular complexity index is 1050. The third kappa shape index (κ3) is 5.40. The zero-order valence-corrected chi connectivity index (χ0v) is 18.5. The number of benzene rings is 2. The highest BCUT2D eigenvalue weighted by atomic mass is 35.5. The molecule has 0 fully saturated rings. The lowest BCUT2D eigenvalue weighted by Gasteiger charge is -2.17. The van der Waals surface area contributed by atoms with Crippen molar-refractivity contribution in [2.24, 2.45) is 0 Å². The molecule has 3 aromatic rings. The fourth-order valence-corrected chi connectivity index (χ4v) is 3.56. The number of hydrogen-bond acceptors (Lipinski definition) is 6. The first kappa shape index (κ1) is 22.7. The van der Waals surface area contributed by atoms with Gasteiger partial charge in [0.25, 0.3) is 0 Å². The van der Waals surface area contributed by atoms with E-state index in [9.17, 15) is 9.90 Å². The molecule has 1 N–H and O–H groups in total. The summed E-state index contributed by atoms with van der Waals surface area (Å²) < 4.78 is 16.8. The maximum Gasteiger partial charge on any atom is 0.204 e. The van der Waals surface area contributed by atoms with Crippen molar-refractivity contribution < 1.29 is 24.1 Å². The second kappa shape index (κ2) is 10.4. The van der Waals surface area contributed by atoms with Crippen LogP contribution in [0.2, 0.25) is 10.0 Å². The molecular weight excluding hydrogens is 441 g/mol. The molecule has 0 atom stereocenters. The Balaban J connectivity index is 1.88. The van der Waals surface area contributed by atoms with Crippen molar-refractivity contribution in [3.8, 4) is 23.0 Å². The minimum Gasteiger partial charge on any atom is -0.508 e. The number of rotatable bonds is 9. The summed E-state index contributed by atoms with van der Waals surface area (Å²) in [5.41, 5.74) is 1.79. The monoisotopic (exact) mass is 461 g/mol. The standard InChI is InChI=1S/C23H21Cl2NO5/c1-29-21-8-7-16(20(28)11-17-18(24)12-26-13-19(17)25)22(23(21)30-2)31-10-9-14-3-5-15(27)6-4-14/h3-8,12-13,27H,9-11H2,1-2H3. The van der Waals surface area contributed by atoms with Gasteiger partial charge >= 0.3 is 0 Å². The molecule has 8 heteroatoms. The largest absolute Gasteiger partial charge is 0.508 e. The maximum atomic E-state index is 13.1. The summed E-state index contributed by atoms with van der Waals surface area (Å²) in [5, 5.41) is 10.1. The van der Waals surface area contributed by atoms with Crippen molar-refractivity contribution in [1.82, 2.24) is 4.98 Å². The van der Waals surface area contributed by atoms with Crippen LogP contribution in [0, 0.1) is 0 Å². The van der Waals surface area contributed by atoms with E-state index in [1.165, 1.54) is 26.6 Å². The number of nitrogens with zero attached hydrogens (tertiary/aromatic N) is 1. The lowest BCUT2D eigenvalue weighted by atomic mass is 10.0. The summed E-state index contributed by atoms with van der Waals surface area (Å²) >= 11 is 12.4. The van der Waals surface area contributed by atoms with Gasteiger partial charge in [-0.25, -0.2) is 0 Å². The zero-order valence-electron chi connectivity index (χ0n) is 17.0. The molecular formula is C23H21Cl2NO5. The van der Waals surface area contributed by atoms with Gasteiger partial charge in [0.05, 0.1) is 36.4 Å². The Kier molecular flexibility index (Phi) is 7.60. The molecule has 2 aromatic carbocycles. The number of carbonyl (C=O) groups excluding carboxylic acids is 1. The van der Waals surface area contributed by atoms with Crippen molar-refractivity contribution in [3.63, 3.8) is 0 Å². The number of carbonyl (C=O) groups is 1. The van der Waals surface area contributed by atoms with Crippen LogP contribution in [0.1, 0.15) is 21.5 Å². The summed E-state index contributed by atoms with van der Waals surface area (Å²) in [6, 6.07) is 10.1. The molecule has 3 rings (SSSR count). The second-order valence-electron chi connectivity index (χ2n) is 6.62. The quantitative estimate of drug-likeness (QED) is 0.443. The predicted octanol–water partition coefficient (Wildman–Crippen LogP) is 5.16. The second-order valence-corrected chi connectivity index (χ2v) is 7.44. The Morgan fingerprint density at radius 3 is 2.26 bits per heavy atom. The highest BCUT2D eigenvalue weighted by Crippen LogP contribution is 2.41. The number of phenolic OH excluding ortho intramolecular Hbond substituents is 1. The van der Waals surface area contributed by atoms with Crippen LogP contribution < -0.4 is 14.2 Å². The number of aromatic hydroxyl groups is 1. The molecule has 0 aliphatic heterocycles. The van der Waals surface area contributed by atoms with Crippen molar-refractivity contribution in [2.45, 2.75) is 12.8 Å². The van der Waals surface area contributed by atoms with Gasteiger partial charge in [-0.1, -0.05) is 35.3 Å². The molecule has 1 heterocycles. The summed E-state index contributed by atoms with van der Waals surface area (Å²) in [7, 11) is 2.99. The van der Waals surface area contributed by atoms with E-state index < -0.39 is 0 Å². The fourth-order valence-electron chi connectivity index (χ4n) is 3.06. The van der Waals surface area contributed by atoms with Gasteiger partial charge in [0.2, 0.25) is 5.75 Å². The van der Waals surface area contributed by atoms with Crippen LogP contribution in [0.3, 0.4) is 0 Å². The number of aromatic nitrogens is 1. The number of ketones is 1. The van der Waals surface area contributed by atoms with Crippen LogP contribution in [0.5, 0.6) is 23.0 Å². The van der Waals surface area contributed by atoms with E-state index in [4.69, 9.17) is 37.4 Å². The van der Waals surface area contributed by atoms with Crippen LogP contribution in [-0.4, -0.2) is 36.7 Å². The van der Waals surface area contributed by atoms with E-state index in [1.54, 1.807) is 36.4 Å². The van der Waals surface area contributed by atoms with Crippen molar-refractivity contribution in [3.05, 3.63) is 75.5 Å². The fraction of sp³-hybridized carbons (Fsp3) is 0.217. The SMILES string of the molecule is COc1ccc(C(=O)Cc2c(Cl)cncc2Cl)c(OCCc2ccc(O)cc2)c1OC. The summed E-state index contributed by atoms with van der Waals surface area (Å²) in [6.07, 6.45) is 3.43. The first-order chi connectivity index (χ1) is 14.9. The van der Waals surface area contributed by atoms with Crippen molar-refractivity contribution in [1.29, 1.82) is 0 Å². The molecule has 31 heavy (non-hydrogen) atoms. The van der Waals surface area contributed by atoms with Gasteiger partial charge in [0.15, 0.2) is 17.3 Å². The van der Waals surface area contributed by atoms with E-state index in [-0.39, 0.29) is 30.3 Å². The van der Waals surface area contributed by atoms with Gasteiger partial charge in [-0.15, -0.1) is 0 Å². The number of phenols is 1. The number of Topliss-reactive ketones (excluding diaryl/α,β-unsaturated/α-hetero) is 1. The van der Waals surface area contributed by atoms with Gasteiger partial charge in [0.1, 0.15) is 5.75 Å². The normalized spacial score (nSPS) is 10.6. The molecule has 0 aliphatic carbocycles. The van der Waals surface area contributed by atoms with E-state index in [0.717, 1.165) is 5.56 Å². The van der Waals surface area contributed by atoms with Crippen LogP contribution in [0.25, 0.3) is 0 Å².